The van der Waals surface area contributed by atoms with Crippen molar-refractivity contribution >= 4 is 49.0 Å². The lowest BCUT2D eigenvalue weighted by molar-refractivity contribution is 1.17. The zero-order valence-electron chi connectivity index (χ0n) is 9.44. The molecule has 0 aliphatic heterocycles. The Morgan fingerprint density at radius 2 is 1.78 bits per heavy atom. The van der Waals surface area contributed by atoms with E-state index in [1.807, 2.05) is 18.2 Å². The molecule has 0 aliphatic rings. The van der Waals surface area contributed by atoms with Crippen LogP contribution in [0, 0.1) is 0 Å². The van der Waals surface area contributed by atoms with E-state index in [1.54, 1.807) is 11.3 Å². The largest absolute Gasteiger partial charge is 0.142 e. The van der Waals surface area contributed by atoms with E-state index in [1.165, 1.54) is 15.6 Å². The highest BCUT2D eigenvalue weighted by Gasteiger charge is 2.15. The fraction of sp³-hybridized carbons (Fsp3) is 0.0667. The van der Waals surface area contributed by atoms with Crippen molar-refractivity contribution < 1.29 is 0 Å². The monoisotopic (exact) mass is 336 g/mol. The Labute approximate surface area is 123 Å². The molecule has 0 bridgehead atoms. The van der Waals surface area contributed by atoms with E-state index < -0.39 is 0 Å². The molecule has 1 heterocycles. The van der Waals surface area contributed by atoms with Gasteiger partial charge in [0.25, 0.3) is 0 Å². The molecule has 0 nitrogen and oxygen atoms in total. The molecule has 0 fully saturated rings. The second-order valence-corrected chi connectivity index (χ2v) is 6.25. The van der Waals surface area contributed by atoms with Crippen molar-refractivity contribution in [2.45, 2.75) is 5.38 Å². The van der Waals surface area contributed by atoms with Crippen LogP contribution in [-0.2, 0) is 0 Å². The molecular formula is C15H10BrClS. The summed E-state index contributed by atoms with van der Waals surface area (Å²) in [4.78, 5) is 0. The maximum atomic E-state index is 6.60. The molecule has 0 aliphatic carbocycles. The van der Waals surface area contributed by atoms with E-state index >= 15 is 0 Å². The Morgan fingerprint density at radius 3 is 2.56 bits per heavy atom. The van der Waals surface area contributed by atoms with E-state index in [0.717, 1.165) is 10.0 Å². The first-order chi connectivity index (χ1) is 8.77. The maximum absolute atomic E-state index is 6.60. The molecule has 1 atom stereocenters. The molecule has 0 amide bonds. The molecule has 0 N–H and O–H groups in total. The predicted octanol–water partition coefficient (Wildman–Crippen LogP) is 5.99. The van der Waals surface area contributed by atoms with Gasteiger partial charge in [0.15, 0.2) is 0 Å². The van der Waals surface area contributed by atoms with Crippen LogP contribution in [0.1, 0.15) is 16.5 Å². The van der Waals surface area contributed by atoms with Crippen LogP contribution in [0.25, 0.3) is 10.1 Å². The molecule has 3 rings (SSSR count). The number of alkyl halides is 1. The first-order valence-corrected chi connectivity index (χ1v) is 7.73. The van der Waals surface area contributed by atoms with Gasteiger partial charge in [0, 0.05) is 9.17 Å². The smallest absolute Gasteiger partial charge is 0.0849 e. The van der Waals surface area contributed by atoms with Crippen LogP contribution in [0.3, 0.4) is 0 Å². The summed E-state index contributed by atoms with van der Waals surface area (Å²) in [5, 5.41) is 3.30. The SMILES string of the molecule is ClC(c1ccccc1)c1csc2c(Br)cccc12. The van der Waals surface area contributed by atoms with E-state index in [4.69, 9.17) is 11.6 Å². The van der Waals surface area contributed by atoms with Gasteiger partial charge in [0.1, 0.15) is 0 Å². The Hall–Kier alpha value is -0.830. The molecule has 2 aromatic carbocycles. The lowest BCUT2D eigenvalue weighted by atomic mass is 10.0. The zero-order chi connectivity index (χ0) is 12.5. The quantitative estimate of drug-likeness (QED) is 0.504. The first kappa shape index (κ1) is 12.2. The van der Waals surface area contributed by atoms with Gasteiger partial charge in [-0.1, -0.05) is 42.5 Å². The summed E-state index contributed by atoms with van der Waals surface area (Å²) in [5.74, 6) is 0. The summed E-state index contributed by atoms with van der Waals surface area (Å²) in [7, 11) is 0. The minimum absolute atomic E-state index is 0.0887. The summed E-state index contributed by atoms with van der Waals surface area (Å²) >= 11 is 11.9. The summed E-state index contributed by atoms with van der Waals surface area (Å²) in [6, 6.07) is 16.4. The molecule has 18 heavy (non-hydrogen) atoms. The fourth-order valence-electron chi connectivity index (χ4n) is 2.04. The van der Waals surface area contributed by atoms with Crippen LogP contribution in [0.15, 0.2) is 58.4 Å². The van der Waals surface area contributed by atoms with Gasteiger partial charge >= 0.3 is 0 Å². The molecule has 0 saturated heterocycles. The Morgan fingerprint density at radius 1 is 1.00 bits per heavy atom. The average molecular weight is 338 g/mol. The minimum Gasteiger partial charge on any atom is -0.142 e. The predicted molar refractivity (Wildman–Crippen MR) is 83.7 cm³/mol. The van der Waals surface area contributed by atoms with E-state index in [0.29, 0.717) is 0 Å². The number of thiophene rings is 1. The topological polar surface area (TPSA) is 0 Å². The number of hydrogen-bond acceptors (Lipinski definition) is 1. The summed E-state index contributed by atoms with van der Waals surface area (Å²) in [5.41, 5.74) is 2.32. The van der Waals surface area contributed by atoms with Gasteiger partial charge in [-0.15, -0.1) is 22.9 Å². The van der Waals surface area contributed by atoms with Gasteiger partial charge in [0.05, 0.1) is 5.38 Å². The van der Waals surface area contributed by atoms with Crippen LogP contribution in [0.4, 0.5) is 0 Å². The number of halogens is 2. The van der Waals surface area contributed by atoms with Crippen LogP contribution < -0.4 is 0 Å². The maximum Gasteiger partial charge on any atom is 0.0849 e. The lowest BCUT2D eigenvalue weighted by Crippen LogP contribution is -1.91. The highest BCUT2D eigenvalue weighted by molar-refractivity contribution is 9.10. The average Bonchev–Trinajstić information content (AvgIpc) is 2.84. The zero-order valence-corrected chi connectivity index (χ0v) is 12.6. The first-order valence-electron chi connectivity index (χ1n) is 5.62. The lowest BCUT2D eigenvalue weighted by Gasteiger charge is -2.09. The third-order valence-corrected chi connectivity index (χ3v) is 5.40. The van der Waals surface area contributed by atoms with Gasteiger partial charge in [-0.05, 0) is 43.9 Å². The molecule has 3 heteroatoms. The van der Waals surface area contributed by atoms with Crippen LogP contribution in [0.2, 0.25) is 0 Å². The highest BCUT2D eigenvalue weighted by Crippen LogP contribution is 2.39. The van der Waals surface area contributed by atoms with Gasteiger partial charge in [-0.2, -0.15) is 0 Å². The number of fused-ring (bicyclic) bond motifs is 1. The second kappa shape index (κ2) is 5.04. The van der Waals surface area contributed by atoms with E-state index in [2.05, 4.69) is 51.6 Å². The van der Waals surface area contributed by atoms with Gasteiger partial charge in [-0.25, -0.2) is 0 Å². The molecular weight excluding hydrogens is 328 g/mol. The molecule has 3 aromatic rings. The van der Waals surface area contributed by atoms with Crippen LogP contribution >= 0.6 is 38.9 Å². The summed E-state index contributed by atoms with van der Waals surface area (Å²) in [6.07, 6.45) is 0. The summed E-state index contributed by atoms with van der Waals surface area (Å²) < 4.78 is 2.39. The molecule has 1 aromatic heterocycles. The third-order valence-electron chi connectivity index (χ3n) is 2.95. The minimum atomic E-state index is -0.0887. The molecule has 90 valence electrons. The third kappa shape index (κ3) is 2.09. The highest BCUT2D eigenvalue weighted by atomic mass is 79.9. The Bertz CT molecular complexity index is 675. The van der Waals surface area contributed by atoms with Crippen molar-refractivity contribution in [2.75, 3.05) is 0 Å². The second-order valence-electron chi connectivity index (χ2n) is 4.08. The standard InChI is InChI=1S/C15H10BrClS/c16-13-8-4-7-11-12(9-18-15(11)13)14(17)10-5-2-1-3-6-10/h1-9,14H. The summed E-state index contributed by atoms with van der Waals surface area (Å²) in [6.45, 7) is 0. The van der Waals surface area contributed by atoms with Crippen molar-refractivity contribution in [2.24, 2.45) is 0 Å². The molecule has 0 radical (unpaired) electrons. The van der Waals surface area contributed by atoms with Crippen LogP contribution in [0.5, 0.6) is 0 Å². The fourth-order valence-corrected chi connectivity index (χ4v) is 4.09. The Kier molecular flexibility index (Phi) is 3.42. The molecule has 0 spiro atoms. The van der Waals surface area contributed by atoms with Crippen molar-refractivity contribution in [3.05, 3.63) is 69.5 Å². The van der Waals surface area contributed by atoms with Crippen LogP contribution in [-0.4, -0.2) is 0 Å². The molecule has 1 unspecified atom stereocenters. The van der Waals surface area contributed by atoms with Crippen molar-refractivity contribution in [3.8, 4) is 0 Å². The number of hydrogen-bond donors (Lipinski definition) is 0. The Balaban J connectivity index is 2.13. The molecule has 0 saturated carbocycles. The van der Waals surface area contributed by atoms with Crippen molar-refractivity contribution in [3.63, 3.8) is 0 Å². The van der Waals surface area contributed by atoms with Gasteiger partial charge in [-0.3, -0.25) is 0 Å². The number of rotatable bonds is 2. The van der Waals surface area contributed by atoms with E-state index in [-0.39, 0.29) is 5.38 Å². The van der Waals surface area contributed by atoms with Crippen molar-refractivity contribution in [1.29, 1.82) is 0 Å². The number of benzene rings is 2. The van der Waals surface area contributed by atoms with E-state index in [9.17, 15) is 0 Å². The van der Waals surface area contributed by atoms with Gasteiger partial charge in [0.2, 0.25) is 0 Å². The van der Waals surface area contributed by atoms with Crippen molar-refractivity contribution in [1.82, 2.24) is 0 Å². The normalized spacial score (nSPS) is 12.8. The van der Waals surface area contributed by atoms with Gasteiger partial charge < -0.3 is 0 Å².